The quantitative estimate of drug-likeness (QED) is 0.160. The second-order valence-corrected chi connectivity index (χ2v) is 15.9. The normalized spacial score (nSPS) is 29.2. The van der Waals surface area contributed by atoms with Crippen LogP contribution in [0.4, 0.5) is 0 Å². The van der Waals surface area contributed by atoms with Crippen LogP contribution >= 0.6 is 0 Å². The number of hydrogen-bond acceptors (Lipinski definition) is 6. The van der Waals surface area contributed by atoms with Crippen LogP contribution in [0.2, 0.25) is 0 Å². The van der Waals surface area contributed by atoms with Crippen LogP contribution in [0.15, 0.2) is 48.5 Å². The molecule has 48 heavy (non-hydrogen) atoms. The molecule has 0 aromatic heterocycles. The zero-order chi connectivity index (χ0) is 33.9. The van der Waals surface area contributed by atoms with Crippen molar-refractivity contribution >= 4 is 33.5 Å². The van der Waals surface area contributed by atoms with Crippen molar-refractivity contribution in [3.63, 3.8) is 0 Å². The fraction of sp³-hybridized carbons (Fsp3) is 0.619. The second kappa shape index (κ2) is 15.3. The average molecular weight is 657 g/mol. The lowest BCUT2D eigenvalue weighted by Crippen LogP contribution is -2.38. The number of esters is 2. The van der Waals surface area contributed by atoms with Crippen molar-refractivity contribution in [3.8, 4) is 0 Å². The summed E-state index contributed by atoms with van der Waals surface area (Å²) in [5.74, 6) is 2.21. The first kappa shape index (κ1) is 34.9. The van der Waals surface area contributed by atoms with E-state index in [1.54, 1.807) is 0 Å². The van der Waals surface area contributed by atoms with Crippen LogP contribution in [-0.4, -0.2) is 43.5 Å². The smallest absolute Gasteiger partial charge is 0.332 e. The summed E-state index contributed by atoms with van der Waals surface area (Å²) in [5, 5.41) is 4.66. The highest BCUT2D eigenvalue weighted by atomic mass is 16.6. The molecule has 6 heteroatoms. The van der Waals surface area contributed by atoms with E-state index < -0.39 is 24.1 Å². The molecule has 6 rings (SSSR count). The SMILES string of the molecule is CC1CCC(C(C)C)C(OCC(=O)OC2CCc3c(ccc4cc5ccccc5cc34)C2OC(=O)COC2CC(C)CCC2C(C)C)C1. The van der Waals surface area contributed by atoms with Gasteiger partial charge in [0, 0.05) is 5.56 Å². The number of benzene rings is 3. The number of carbonyl (C=O) groups excluding carboxylic acids is 2. The van der Waals surface area contributed by atoms with E-state index in [4.69, 9.17) is 18.9 Å². The van der Waals surface area contributed by atoms with Crippen LogP contribution in [0.1, 0.15) is 104 Å². The third-order valence-electron chi connectivity index (χ3n) is 11.7. The van der Waals surface area contributed by atoms with E-state index in [0.717, 1.165) is 54.0 Å². The van der Waals surface area contributed by atoms with Gasteiger partial charge in [0.1, 0.15) is 19.3 Å². The highest BCUT2D eigenvalue weighted by Crippen LogP contribution is 2.41. The van der Waals surface area contributed by atoms with Gasteiger partial charge < -0.3 is 18.9 Å². The Balaban J connectivity index is 1.21. The number of hydrogen-bond donors (Lipinski definition) is 0. The van der Waals surface area contributed by atoms with Crippen LogP contribution in [0.25, 0.3) is 21.5 Å². The maximum absolute atomic E-state index is 13.5. The zero-order valence-corrected chi connectivity index (χ0v) is 29.9. The van der Waals surface area contributed by atoms with Crippen LogP contribution in [0.3, 0.4) is 0 Å². The van der Waals surface area contributed by atoms with Crippen molar-refractivity contribution in [1.29, 1.82) is 0 Å². The minimum Gasteiger partial charge on any atom is -0.456 e. The number of carbonyl (C=O) groups is 2. The molecule has 260 valence electrons. The zero-order valence-electron chi connectivity index (χ0n) is 29.9. The van der Waals surface area contributed by atoms with E-state index in [-0.39, 0.29) is 25.4 Å². The van der Waals surface area contributed by atoms with Crippen molar-refractivity contribution < 1.29 is 28.5 Å². The van der Waals surface area contributed by atoms with Gasteiger partial charge in [-0.3, -0.25) is 0 Å². The molecule has 0 N–H and O–H groups in total. The largest absolute Gasteiger partial charge is 0.456 e. The number of aryl methyl sites for hydroxylation is 1. The van der Waals surface area contributed by atoms with Gasteiger partial charge in [0.05, 0.1) is 12.2 Å². The van der Waals surface area contributed by atoms with E-state index in [1.165, 1.54) is 23.6 Å². The summed E-state index contributed by atoms with van der Waals surface area (Å²) < 4.78 is 24.9. The molecule has 3 aromatic carbocycles. The third-order valence-corrected chi connectivity index (χ3v) is 11.7. The Kier molecular flexibility index (Phi) is 11.1. The molecule has 3 aliphatic carbocycles. The predicted molar refractivity (Wildman–Crippen MR) is 191 cm³/mol. The Morgan fingerprint density at radius 1 is 0.667 bits per heavy atom. The van der Waals surface area contributed by atoms with Crippen LogP contribution in [0, 0.1) is 35.5 Å². The van der Waals surface area contributed by atoms with E-state index >= 15 is 0 Å². The molecule has 3 aliphatic rings. The lowest BCUT2D eigenvalue weighted by molar-refractivity contribution is -0.180. The van der Waals surface area contributed by atoms with Crippen molar-refractivity contribution in [1.82, 2.24) is 0 Å². The van der Waals surface area contributed by atoms with Crippen molar-refractivity contribution in [3.05, 3.63) is 59.7 Å². The first-order chi connectivity index (χ1) is 23.1. The minimum absolute atomic E-state index is 0.0418. The molecule has 2 fully saturated rings. The Bertz CT molecular complexity index is 1580. The molecule has 0 spiro atoms. The summed E-state index contributed by atoms with van der Waals surface area (Å²) in [5.41, 5.74) is 2.06. The molecule has 0 bridgehead atoms. The molecule has 0 radical (unpaired) electrons. The van der Waals surface area contributed by atoms with Gasteiger partial charge in [0.25, 0.3) is 0 Å². The highest BCUT2D eigenvalue weighted by molar-refractivity contribution is 6.00. The average Bonchev–Trinajstić information content (AvgIpc) is 3.06. The predicted octanol–water partition coefficient (Wildman–Crippen LogP) is 9.39. The lowest BCUT2D eigenvalue weighted by atomic mass is 9.75. The van der Waals surface area contributed by atoms with Gasteiger partial charge in [-0.15, -0.1) is 0 Å². The summed E-state index contributed by atoms with van der Waals surface area (Å²) in [6.07, 6.45) is 6.64. The molecule has 3 aromatic rings. The standard InChI is InChI=1S/C42H56O6/c1-25(2)32-14-11-27(5)19-38(32)45-23-40(43)47-37-18-17-34-35(16-13-31-21-29-9-7-8-10-30(29)22-36(31)34)42(37)48-41(44)24-46-39-20-28(6)12-15-33(39)26(3)4/h7-10,13,16,21-22,25-28,32-33,37-39,42H,11-12,14-15,17-20,23-24H2,1-6H3. The molecule has 0 saturated heterocycles. The van der Waals surface area contributed by atoms with Gasteiger partial charge in [-0.05, 0) is 113 Å². The van der Waals surface area contributed by atoms with E-state index in [1.807, 2.05) is 0 Å². The van der Waals surface area contributed by atoms with Crippen molar-refractivity contribution in [2.24, 2.45) is 35.5 Å². The molecular weight excluding hydrogens is 600 g/mol. The summed E-state index contributed by atoms with van der Waals surface area (Å²) >= 11 is 0. The Hall–Kier alpha value is -2.96. The van der Waals surface area contributed by atoms with Gasteiger partial charge in [-0.25, -0.2) is 9.59 Å². The molecule has 0 heterocycles. The van der Waals surface area contributed by atoms with Crippen LogP contribution < -0.4 is 0 Å². The summed E-state index contributed by atoms with van der Waals surface area (Å²) in [7, 11) is 0. The van der Waals surface area contributed by atoms with Gasteiger partial charge in [0.15, 0.2) is 6.10 Å². The maximum Gasteiger partial charge on any atom is 0.332 e. The van der Waals surface area contributed by atoms with Gasteiger partial charge in [0.2, 0.25) is 0 Å². The first-order valence-electron chi connectivity index (χ1n) is 18.6. The topological polar surface area (TPSA) is 71.1 Å². The van der Waals surface area contributed by atoms with E-state index in [2.05, 4.69) is 90.1 Å². The first-order valence-corrected chi connectivity index (χ1v) is 18.6. The monoisotopic (exact) mass is 656 g/mol. The van der Waals surface area contributed by atoms with E-state index in [0.29, 0.717) is 41.9 Å². The molecular formula is C42H56O6. The maximum atomic E-state index is 13.5. The number of ether oxygens (including phenoxy) is 4. The molecule has 0 amide bonds. The summed E-state index contributed by atoms with van der Waals surface area (Å²) in [6, 6.07) is 17.0. The summed E-state index contributed by atoms with van der Waals surface area (Å²) in [6.45, 7) is 13.3. The van der Waals surface area contributed by atoms with Crippen LogP contribution in [-0.2, 0) is 35.0 Å². The molecule has 6 nitrogen and oxygen atoms in total. The molecule has 2 saturated carbocycles. The fourth-order valence-corrected chi connectivity index (χ4v) is 8.88. The lowest BCUT2D eigenvalue weighted by Gasteiger charge is -2.37. The molecule has 0 aliphatic heterocycles. The van der Waals surface area contributed by atoms with Gasteiger partial charge in [-0.2, -0.15) is 0 Å². The Morgan fingerprint density at radius 2 is 1.23 bits per heavy atom. The highest BCUT2D eigenvalue weighted by Gasteiger charge is 2.38. The van der Waals surface area contributed by atoms with Gasteiger partial charge >= 0.3 is 11.9 Å². The van der Waals surface area contributed by atoms with Gasteiger partial charge in [-0.1, -0.05) is 90.8 Å². The molecule has 8 unspecified atom stereocenters. The Morgan fingerprint density at radius 3 is 1.81 bits per heavy atom. The van der Waals surface area contributed by atoms with Crippen molar-refractivity contribution in [2.45, 2.75) is 117 Å². The van der Waals surface area contributed by atoms with Crippen molar-refractivity contribution in [2.75, 3.05) is 13.2 Å². The van der Waals surface area contributed by atoms with Crippen LogP contribution in [0.5, 0.6) is 0 Å². The van der Waals surface area contributed by atoms with E-state index in [9.17, 15) is 9.59 Å². The summed E-state index contributed by atoms with van der Waals surface area (Å²) in [4.78, 5) is 26.9. The minimum atomic E-state index is -0.714. The second-order valence-electron chi connectivity index (χ2n) is 15.9. The number of fused-ring (bicyclic) bond motifs is 4. The third kappa shape index (κ3) is 7.91. The fourth-order valence-electron chi connectivity index (χ4n) is 8.88. The Labute approximate surface area is 287 Å². The number of rotatable bonds is 10. The molecule has 8 atom stereocenters.